The Balaban J connectivity index is 1.76. The smallest absolute Gasteiger partial charge is 0.320 e. The number of nitrogens with one attached hydrogen (secondary N) is 2. The van der Waals surface area contributed by atoms with Gasteiger partial charge in [0.1, 0.15) is 18.2 Å². The molecule has 0 bridgehead atoms. The van der Waals surface area contributed by atoms with Gasteiger partial charge in [0.25, 0.3) is 0 Å². The first-order valence-electron chi connectivity index (χ1n) is 7.24. The Bertz CT molecular complexity index is 602. The van der Waals surface area contributed by atoms with Crippen molar-refractivity contribution in [3.8, 4) is 5.75 Å². The first-order chi connectivity index (χ1) is 10.5. The van der Waals surface area contributed by atoms with Crippen LogP contribution in [0.3, 0.4) is 0 Å². The zero-order valence-corrected chi connectivity index (χ0v) is 13.2. The molecule has 0 spiro atoms. The SMILES string of the molecule is CC(C)(C)n1nccc1NC(=O)NCCOc1ccccc1. The summed E-state index contributed by atoms with van der Waals surface area (Å²) in [6.07, 6.45) is 1.67. The van der Waals surface area contributed by atoms with E-state index in [-0.39, 0.29) is 11.6 Å². The van der Waals surface area contributed by atoms with E-state index in [1.807, 2.05) is 51.1 Å². The number of para-hydroxylation sites is 1. The van der Waals surface area contributed by atoms with Crippen molar-refractivity contribution in [2.75, 3.05) is 18.5 Å². The molecule has 1 aromatic heterocycles. The van der Waals surface area contributed by atoms with Gasteiger partial charge in [-0.25, -0.2) is 9.48 Å². The van der Waals surface area contributed by atoms with Gasteiger partial charge in [-0.15, -0.1) is 0 Å². The van der Waals surface area contributed by atoms with Crippen molar-refractivity contribution in [1.29, 1.82) is 0 Å². The molecule has 0 saturated heterocycles. The Morgan fingerprint density at radius 1 is 1.23 bits per heavy atom. The van der Waals surface area contributed by atoms with Gasteiger partial charge in [0.15, 0.2) is 0 Å². The minimum atomic E-state index is -0.275. The number of urea groups is 1. The second-order valence-electron chi connectivity index (χ2n) is 5.84. The van der Waals surface area contributed by atoms with Gasteiger partial charge >= 0.3 is 6.03 Å². The summed E-state index contributed by atoms with van der Waals surface area (Å²) in [5.41, 5.74) is -0.192. The number of rotatable bonds is 5. The number of carbonyl (C=O) groups excluding carboxylic acids is 1. The van der Waals surface area contributed by atoms with Crippen molar-refractivity contribution in [3.05, 3.63) is 42.6 Å². The van der Waals surface area contributed by atoms with Gasteiger partial charge in [0, 0.05) is 6.07 Å². The van der Waals surface area contributed by atoms with E-state index in [0.29, 0.717) is 19.0 Å². The van der Waals surface area contributed by atoms with E-state index < -0.39 is 0 Å². The number of nitrogens with zero attached hydrogens (tertiary/aromatic N) is 2. The summed E-state index contributed by atoms with van der Waals surface area (Å²) in [6, 6.07) is 11.0. The van der Waals surface area contributed by atoms with Crippen LogP contribution in [0.2, 0.25) is 0 Å². The highest BCUT2D eigenvalue weighted by molar-refractivity contribution is 5.88. The molecule has 2 rings (SSSR count). The van der Waals surface area contributed by atoms with E-state index in [1.165, 1.54) is 0 Å². The Labute approximate surface area is 130 Å². The van der Waals surface area contributed by atoms with Crippen molar-refractivity contribution in [3.63, 3.8) is 0 Å². The highest BCUT2D eigenvalue weighted by Gasteiger charge is 2.18. The maximum atomic E-state index is 11.9. The molecule has 0 fully saturated rings. The van der Waals surface area contributed by atoms with Gasteiger partial charge in [-0.1, -0.05) is 18.2 Å². The van der Waals surface area contributed by atoms with E-state index >= 15 is 0 Å². The summed E-state index contributed by atoms with van der Waals surface area (Å²) < 4.78 is 7.28. The second kappa shape index (κ2) is 6.98. The molecule has 6 nitrogen and oxygen atoms in total. The lowest BCUT2D eigenvalue weighted by Gasteiger charge is -2.22. The molecule has 0 unspecified atom stereocenters. The summed E-state index contributed by atoms with van der Waals surface area (Å²) in [4.78, 5) is 11.9. The molecule has 0 atom stereocenters. The van der Waals surface area contributed by atoms with Crippen molar-refractivity contribution < 1.29 is 9.53 Å². The first-order valence-corrected chi connectivity index (χ1v) is 7.24. The quantitative estimate of drug-likeness (QED) is 0.835. The predicted molar refractivity (Wildman–Crippen MR) is 86.2 cm³/mol. The van der Waals surface area contributed by atoms with Crippen LogP contribution in [0.4, 0.5) is 10.6 Å². The van der Waals surface area contributed by atoms with Crippen LogP contribution in [0.25, 0.3) is 0 Å². The molecule has 0 saturated carbocycles. The van der Waals surface area contributed by atoms with E-state index in [2.05, 4.69) is 15.7 Å². The number of amides is 2. The molecule has 2 amide bonds. The molecule has 2 aromatic rings. The topological polar surface area (TPSA) is 68.2 Å². The third kappa shape index (κ3) is 4.51. The zero-order valence-electron chi connectivity index (χ0n) is 13.2. The number of hydrogen-bond acceptors (Lipinski definition) is 3. The highest BCUT2D eigenvalue weighted by Crippen LogP contribution is 2.18. The lowest BCUT2D eigenvalue weighted by Crippen LogP contribution is -2.34. The van der Waals surface area contributed by atoms with Crippen molar-refractivity contribution >= 4 is 11.8 Å². The van der Waals surface area contributed by atoms with Crippen LogP contribution in [-0.4, -0.2) is 29.0 Å². The minimum absolute atomic E-state index is 0.192. The molecule has 2 N–H and O–H groups in total. The van der Waals surface area contributed by atoms with Gasteiger partial charge in [-0.3, -0.25) is 5.32 Å². The standard InChI is InChI=1S/C16H22N4O2/c1-16(2,3)20-14(9-10-18-20)19-15(21)17-11-12-22-13-7-5-4-6-8-13/h4-10H,11-12H2,1-3H3,(H2,17,19,21). The van der Waals surface area contributed by atoms with Crippen LogP contribution >= 0.6 is 0 Å². The van der Waals surface area contributed by atoms with Crippen LogP contribution in [0.5, 0.6) is 5.75 Å². The van der Waals surface area contributed by atoms with Gasteiger partial charge in [-0.05, 0) is 32.9 Å². The van der Waals surface area contributed by atoms with Crippen molar-refractivity contribution in [2.45, 2.75) is 26.3 Å². The lowest BCUT2D eigenvalue weighted by molar-refractivity contribution is 0.247. The molecule has 0 aliphatic rings. The van der Waals surface area contributed by atoms with Gasteiger partial charge < -0.3 is 10.1 Å². The molecule has 6 heteroatoms. The molecule has 118 valence electrons. The van der Waals surface area contributed by atoms with Gasteiger partial charge in [-0.2, -0.15) is 5.10 Å². The number of carbonyl (C=O) groups is 1. The Kier molecular flexibility index (Phi) is 5.04. The van der Waals surface area contributed by atoms with Crippen molar-refractivity contribution in [1.82, 2.24) is 15.1 Å². The largest absolute Gasteiger partial charge is 0.492 e. The number of anilines is 1. The molecule has 1 heterocycles. The third-order valence-corrected chi connectivity index (χ3v) is 2.92. The van der Waals surface area contributed by atoms with Crippen LogP contribution in [0.1, 0.15) is 20.8 Å². The summed E-state index contributed by atoms with van der Waals surface area (Å²) >= 11 is 0. The first kappa shape index (κ1) is 15.9. The van der Waals surface area contributed by atoms with Crippen LogP contribution < -0.4 is 15.4 Å². The Morgan fingerprint density at radius 3 is 2.64 bits per heavy atom. The Morgan fingerprint density at radius 2 is 1.95 bits per heavy atom. The second-order valence-corrected chi connectivity index (χ2v) is 5.84. The predicted octanol–water partition coefficient (Wildman–Crippen LogP) is 2.84. The third-order valence-electron chi connectivity index (χ3n) is 2.92. The van der Waals surface area contributed by atoms with Crippen LogP contribution in [-0.2, 0) is 5.54 Å². The highest BCUT2D eigenvalue weighted by atomic mass is 16.5. The molecule has 0 aliphatic carbocycles. The average molecular weight is 302 g/mol. The fourth-order valence-corrected chi connectivity index (χ4v) is 1.94. The lowest BCUT2D eigenvalue weighted by atomic mass is 10.1. The zero-order chi connectivity index (χ0) is 16.0. The molecule has 0 radical (unpaired) electrons. The average Bonchev–Trinajstić information content (AvgIpc) is 2.93. The van der Waals surface area contributed by atoms with E-state index in [4.69, 9.17) is 4.74 Å². The monoisotopic (exact) mass is 302 g/mol. The van der Waals surface area contributed by atoms with Crippen LogP contribution in [0.15, 0.2) is 42.6 Å². The fraction of sp³-hybridized carbons (Fsp3) is 0.375. The summed E-state index contributed by atoms with van der Waals surface area (Å²) in [5, 5.41) is 9.77. The molecular weight excluding hydrogens is 280 g/mol. The molecule has 22 heavy (non-hydrogen) atoms. The molecule has 1 aromatic carbocycles. The summed E-state index contributed by atoms with van der Waals surface area (Å²) in [5.74, 6) is 1.45. The fourth-order valence-electron chi connectivity index (χ4n) is 1.94. The van der Waals surface area contributed by atoms with E-state index in [1.54, 1.807) is 16.9 Å². The Hall–Kier alpha value is -2.50. The normalized spacial score (nSPS) is 11.0. The maximum absolute atomic E-state index is 11.9. The van der Waals surface area contributed by atoms with Gasteiger partial charge in [0.2, 0.25) is 0 Å². The van der Waals surface area contributed by atoms with Gasteiger partial charge in [0.05, 0.1) is 18.3 Å². The summed E-state index contributed by atoms with van der Waals surface area (Å²) in [6.45, 7) is 6.91. The number of hydrogen-bond donors (Lipinski definition) is 2. The molecular formula is C16H22N4O2. The molecule has 0 aliphatic heterocycles. The van der Waals surface area contributed by atoms with Crippen LogP contribution in [0, 0.1) is 0 Å². The summed E-state index contributed by atoms with van der Waals surface area (Å²) in [7, 11) is 0. The van der Waals surface area contributed by atoms with E-state index in [0.717, 1.165) is 5.75 Å². The van der Waals surface area contributed by atoms with E-state index in [9.17, 15) is 4.79 Å². The number of ether oxygens (including phenoxy) is 1. The number of benzene rings is 1. The maximum Gasteiger partial charge on any atom is 0.320 e. The minimum Gasteiger partial charge on any atom is -0.492 e. The van der Waals surface area contributed by atoms with Crippen molar-refractivity contribution in [2.24, 2.45) is 0 Å². The number of aromatic nitrogens is 2.